The van der Waals surface area contributed by atoms with Gasteiger partial charge < -0.3 is 25.2 Å². The Morgan fingerprint density at radius 3 is 2.21 bits per heavy atom. The number of likely N-dealkylation sites (N-methyl/N-ethyl adjacent to an activating group) is 1. The second kappa shape index (κ2) is 11.7. The Hall–Kier alpha value is -4.52. The fraction of sp³-hybridized carbons (Fsp3) is 0.240. The van der Waals surface area contributed by atoms with Gasteiger partial charge in [-0.1, -0.05) is 18.2 Å². The molecule has 4 aromatic rings. The van der Waals surface area contributed by atoms with Crippen LogP contribution in [0.5, 0.6) is 5.75 Å². The molecule has 0 saturated heterocycles. The number of carbonyl (C=O) groups is 3. The van der Waals surface area contributed by atoms with Gasteiger partial charge in [-0.25, -0.2) is 19.6 Å². The van der Waals surface area contributed by atoms with Gasteiger partial charge in [0, 0.05) is 23.9 Å². The second-order valence-corrected chi connectivity index (χ2v) is 8.23. The molecule has 1 aromatic heterocycles. The highest BCUT2D eigenvalue weighted by atomic mass is 19.4. The normalized spacial score (nSPS) is 11.3. The molecule has 3 N–H and O–H groups in total. The van der Waals surface area contributed by atoms with Crippen molar-refractivity contribution in [2.24, 2.45) is 0 Å². The zero-order chi connectivity index (χ0) is 28.0. The molecule has 1 heterocycles. The summed E-state index contributed by atoms with van der Waals surface area (Å²) in [4.78, 5) is 44.1. The summed E-state index contributed by atoms with van der Waals surface area (Å²) in [6.07, 6.45) is -5.08. The molecule has 13 heteroatoms. The first-order valence-corrected chi connectivity index (χ1v) is 11.1. The largest absolute Gasteiger partial charge is 0.490 e. The Balaban J connectivity index is 0.000000505. The highest BCUT2D eigenvalue weighted by Crippen LogP contribution is 2.31. The maximum atomic E-state index is 12.8. The van der Waals surface area contributed by atoms with Crippen LogP contribution in [0.1, 0.15) is 10.4 Å². The number of alkyl halides is 3. The van der Waals surface area contributed by atoms with Crippen LogP contribution in [0.4, 0.5) is 13.2 Å². The molecular weight excluding hydrogens is 509 g/mol. The molecule has 0 saturated carbocycles. The van der Waals surface area contributed by atoms with Crippen LogP contribution in [-0.4, -0.2) is 82.9 Å². The standard InChI is InChI=1S/C23H22N4O4.C2HF3O2/c1-27(2)12-11-24-23(30)16-6-3-7-17-22(16)26-21-15-5-4-8-19(31-13-20(28)29)14(15)9-10-18(21)25-17;3-2(4,5)1(6)7/h3-10H,11-13H2,1-2H3,(H,24,30)(H,28,29);(H,6,7). The van der Waals surface area contributed by atoms with E-state index in [4.69, 9.17) is 29.7 Å². The molecule has 4 rings (SSSR count). The number of hydrogen-bond acceptors (Lipinski definition) is 7. The summed E-state index contributed by atoms with van der Waals surface area (Å²) in [6, 6.07) is 14.4. The van der Waals surface area contributed by atoms with Crippen molar-refractivity contribution < 1.29 is 42.5 Å². The molecule has 0 bridgehead atoms. The fourth-order valence-electron chi connectivity index (χ4n) is 3.43. The summed E-state index contributed by atoms with van der Waals surface area (Å²) in [5.74, 6) is -3.55. The van der Waals surface area contributed by atoms with E-state index in [2.05, 4.69) is 5.32 Å². The summed E-state index contributed by atoms with van der Waals surface area (Å²) in [5, 5.41) is 20.5. The molecule has 200 valence electrons. The van der Waals surface area contributed by atoms with Gasteiger partial charge in [-0.05, 0) is 44.4 Å². The molecule has 38 heavy (non-hydrogen) atoms. The van der Waals surface area contributed by atoms with Crippen molar-refractivity contribution in [3.63, 3.8) is 0 Å². The van der Waals surface area contributed by atoms with Crippen LogP contribution in [-0.2, 0) is 9.59 Å². The zero-order valence-electron chi connectivity index (χ0n) is 20.2. The fourth-order valence-corrected chi connectivity index (χ4v) is 3.43. The molecule has 0 spiro atoms. The van der Waals surface area contributed by atoms with Crippen LogP contribution in [0.3, 0.4) is 0 Å². The topological polar surface area (TPSA) is 142 Å². The maximum Gasteiger partial charge on any atom is 0.490 e. The molecule has 0 fully saturated rings. The third-order valence-electron chi connectivity index (χ3n) is 5.13. The number of benzene rings is 3. The van der Waals surface area contributed by atoms with Crippen molar-refractivity contribution >= 4 is 50.7 Å². The molecule has 0 unspecified atom stereocenters. The molecule has 1 amide bonds. The molecule has 0 aliphatic rings. The Kier molecular flexibility index (Phi) is 8.63. The molecule has 0 atom stereocenters. The predicted octanol–water partition coefficient (Wildman–Crippen LogP) is 3.32. The lowest BCUT2D eigenvalue weighted by molar-refractivity contribution is -0.192. The van der Waals surface area contributed by atoms with Crippen LogP contribution in [0.2, 0.25) is 0 Å². The number of hydrogen-bond donors (Lipinski definition) is 3. The van der Waals surface area contributed by atoms with E-state index in [-0.39, 0.29) is 5.91 Å². The minimum Gasteiger partial charge on any atom is -0.481 e. The van der Waals surface area contributed by atoms with Gasteiger partial charge in [0.2, 0.25) is 0 Å². The molecule has 3 aromatic carbocycles. The SMILES string of the molecule is CN(C)CCNC(=O)c1cccc2nc3ccc4c(OCC(=O)O)cccc4c3nc12.O=C(O)C(F)(F)F. The monoisotopic (exact) mass is 532 g/mol. The van der Waals surface area contributed by atoms with E-state index in [0.717, 1.165) is 17.3 Å². The first-order chi connectivity index (χ1) is 17.9. The average molecular weight is 532 g/mol. The second-order valence-electron chi connectivity index (χ2n) is 8.23. The van der Waals surface area contributed by atoms with Crippen molar-refractivity contribution in [1.82, 2.24) is 20.2 Å². The van der Waals surface area contributed by atoms with E-state index in [0.29, 0.717) is 39.9 Å². The van der Waals surface area contributed by atoms with Crippen molar-refractivity contribution in [3.05, 3.63) is 54.1 Å². The van der Waals surface area contributed by atoms with Gasteiger partial charge in [-0.2, -0.15) is 13.2 Å². The zero-order valence-corrected chi connectivity index (χ0v) is 20.2. The number of carboxylic acids is 2. The van der Waals surface area contributed by atoms with Crippen molar-refractivity contribution in [1.29, 1.82) is 0 Å². The number of ether oxygens (including phenoxy) is 1. The number of carboxylic acid groups (broad SMARTS) is 2. The minimum absolute atomic E-state index is 0.202. The number of aliphatic carboxylic acids is 2. The number of fused-ring (bicyclic) bond motifs is 4. The maximum absolute atomic E-state index is 12.8. The lowest BCUT2D eigenvalue weighted by Crippen LogP contribution is -2.31. The molecule has 0 radical (unpaired) electrons. The summed E-state index contributed by atoms with van der Waals surface area (Å²) < 4.78 is 37.2. The third-order valence-corrected chi connectivity index (χ3v) is 5.13. The summed E-state index contributed by atoms with van der Waals surface area (Å²) in [5.41, 5.74) is 2.91. The lowest BCUT2D eigenvalue weighted by atomic mass is 10.1. The van der Waals surface area contributed by atoms with Crippen LogP contribution in [0, 0.1) is 0 Å². The molecule has 0 aliphatic carbocycles. The number of aromatic nitrogens is 2. The summed E-state index contributed by atoms with van der Waals surface area (Å²) >= 11 is 0. The van der Waals surface area contributed by atoms with Gasteiger partial charge >= 0.3 is 18.1 Å². The number of nitrogens with one attached hydrogen (secondary N) is 1. The van der Waals surface area contributed by atoms with Crippen LogP contribution in [0.15, 0.2) is 48.5 Å². The highest BCUT2D eigenvalue weighted by molar-refractivity contribution is 6.11. The van der Waals surface area contributed by atoms with Crippen LogP contribution in [0.25, 0.3) is 32.8 Å². The van der Waals surface area contributed by atoms with E-state index in [1.807, 2.05) is 43.3 Å². The number of nitrogens with zero attached hydrogens (tertiary/aromatic N) is 3. The van der Waals surface area contributed by atoms with E-state index < -0.39 is 24.7 Å². The average Bonchev–Trinajstić information content (AvgIpc) is 2.85. The number of halogens is 3. The van der Waals surface area contributed by atoms with Gasteiger partial charge in [0.1, 0.15) is 11.3 Å². The lowest BCUT2D eigenvalue weighted by Gasteiger charge is -2.12. The quantitative estimate of drug-likeness (QED) is 0.241. The number of rotatable bonds is 7. The Bertz CT molecular complexity index is 1510. The summed E-state index contributed by atoms with van der Waals surface area (Å²) in [7, 11) is 3.89. The van der Waals surface area contributed by atoms with E-state index >= 15 is 0 Å². The van der Waals surface area contributed by atoms with Crippen LogP contribution < -0.4 is 10.1 Å². The Morgan fingerprint density at radius 2 is 1.58 bits per heavy atom. The van der Waals surface area contributed by atoms with E-state index in [1.54, 1.807) is 24.3 Å². The summed E-state index contributed by atoms with van der Waals surface area (Å²) in [6.45, 7) is 0.823. The van der Waals surface area contributed by atoms with Gasteiger partial charge in [-0.3, -0.25) is 4.79 Å². The van der Waals surface area contributed by atoms with Gasteiger partial charge in [0.15, 0.2) is 6.61 Å². The molecule has 10 nitrogen and oxygen atoms in total. The van der Waals surface area contributed by atoms with Crippen LogP contribution >= 0.6 is 0 Å². The van der Waals surface area contributed by atoms with Gasteiger partial charge in [0.25, 0.3) is 5.91 Å². The Labute approximate surface area is 213 Å². The molecule has 0 aliphatic heterocycles. The number of amides is 1. The van der Waals surface area contributed by atoms with Crippen molar-refractivity contribution in [2.75, 3.05) is 33.8 Å². The highest BCUT2D eigenvalue weighted by Gasteiger charge is 2.38. The number of para-hydroxylation sites is 1. The van der Waals surface area contributed by atoms with Gasteiger partial charge in [0.05, 0.1) is 22.1 Å². The third kappa shape index (κ3) is 6.82. The number of carbonyl (C=O) groups excluding carboxylic acids is 1. The predicted molar refractivity (Wildman–Crippen MR) is 132 cm³/mol. The first kappa shape index (κ1) is 28.1. The Morgan fingerprint density at radius 1 is 0.921 bits per heavy atom. The van der Waals surface area contributed by atoms with E-state index in [1.165, 1.54) is 0 Å². The van der Waals surface area contributed by atoms with E-state index in [9.17, 15) is 22.8 Å². The smallest absolute Gasteiger partial charge is 0.481 e. The van der Waals surface area contributed by atoms with Gasteiger partial charge in [-0.15, -0.1) is 0 Å². The first-order valence-electron chi connectivity index (χ1n) is 11.1. The molecular formula is C25H23F3N4O6. The van der Waals surface area contributed by atoms with Crippen molar-refractivity contribution in [2.45, 2.75) is 6.18 Å². The minimum atomic E-state index is -5.08. The van der Waals surface area contributed by atoms with Crippen molar-refractivity contribution in [3.8, 4) is 5.75 Å².